The summed E-state index contributed by atoms with van der Waals surface area (Å²) in [5, 5.41) is 2.87. The first-order chi connectivity index (χ1) is 14.3. The van der Waals surface area contributed by atoms with Crippen LogP contribution in [0.15, 0.2) is 24.8 Å². The number of rotatable bonds is 5. The van der Waals surface area contributed by atoms with Crippen LogP contribution in [0.25, 0.3) is 0 Å². The fourth-order valence-electron chi connectivity index (χ4n) is 3.98. The zero-order valence-corrected chi connectivity index (χ0v) is 17.9. The van der Waals surface area contributed by atoms with Gasteiger partial charge < -0.3 is 14.6 Å². The summed E-state index contributed by atoms with van der Waals surface area (Å²) >= 11 is 0. The molecule has 2 aromatic rings. The maximum absolute atomic E-state index is 12.8. The SMILES string of the molecule is CCS(=O)(=O)N1CCC2(CC1)OC(C(=O)NCc1cnc(C)cn1)Cn1ccnc12. The summed E-state index contributed by atoms with van der Waals surface area (Å²) < 4.78 is 34.2. The first-order valence-corrected chi connectivity index (χ1v) is 11.7. The fraction of sp³-hybridized carbons (Fsp3) is 0.579. The third-order valence-electron chi connectivity index (χ3n) is 5.71. The third kappa shape index (κ3) is 3.96. The Hall–Kier alpha value is -2.37. The van der Waals surface area contributed by atoms with E-state index in [1.807, 2.05) is 17.7 Å². The highest BCUT2D eigenvalue weighted by Gasteiger charge is 2.48. The molecule has 10 nitrogen and oxygen atoms in total. The molecule has 2 aliphatic heterocycles. The van der Waals surface area contributed by atoms with Gasteiger partial charge in [-0.25, -0.2) is 17.7 Å². The number of carbonyl (C=O) groups is 1. The van der Waals surface area contributed by atoms with Gasteiger partial charge in [-0.05, 0) is 26.7 Å². The fourth-order valence-corrected chi connectivity index (χ4v) is 5.09. The molecule has 1 amide bonds. The lowest BCUT2D eigenvalue weighted by Crippen LogP contribution is -2.54. The molecule has 1 N–H and O–H groups in total. The lowest BCUT2D eigenvalue weighted by atomic mass is 9.89. The quantitative estimate of drug-likeness (QED) is 0.720. The molecule has 0 aromatic carbocycles. The molecule has 0 bridgehead atoms. The molecule has 0 aliphatic carbocycles. The largest absolute Gasteiger partial charge is 0.352 e. The van der Waals surface area contributed by atoms with Gasteiger partial charge in [0, 0.05) is 31.7 Å². The van der Waals surface area contributed by atoms with Gasteiger partial charge >= 0.3 is 0 Å². The highest BCUT2D eigenvalue weighted by atomic mass is 32.2. The summed E-state index contributed by atoms with van der Waals surface area (Å²) in [7, 11) is -3.25. The van der Waals surface area contributed by atoms with Gasteiger partial charge in [0.05, 0.1) is 36.4 Å². The number of nitrogens with zero attached hydrogens (tertiary/aromatic N) is 5. The minimum atomic E-state index is -3.25. The van der Waals surface area contributed by atoms with Crippen LogP contribution >= 0.6 is 0 Å². The van der Waals surface area contributed by atoms with Gasteiger partial charge in [0.1, 0.15) is 11.4 Å². The number of carbonyl (C=O) groups excluding carboxylic acids is 1. The number of piperidine rings is 1. The van der Waals surface area contributed by atoms with Crippen LogP contribution < -0.4 is 5.32 Å². The standard InChI is InChI=1S/C19H26N6O4S/c1-3-30(27,28)25-7-4-19(5-8-25)18-20-6-9-24(18)13-16(29-19)17(26)23-12-15-11-21-14(2)10-22-15/h6,9-11,16H,3-5,7-8,12-13H2,1-2H3,(H,23,26). The number of imidazole rings is 1. The topological polar surface area (TPSA) is 119 Å². The molecule has 11 heteroatoms. The minimum absolute atomic E-state index is 0.0718. The Labute approximate surface area is 175 Å². The van der Waals surface area contributed by atoms with Crippen molar-refractivity contribution in [2.75, 3.05) is 18.8 Å². The molecule has 1 spiro atoms. The molecular formula is C19H26N6O4S. The van der Waals surface area contributed by atoms with Gasteiger partial charge in [-0.15, -0.1) is 0 Å². The monoisotopic (exact) mass is 434 g/mol. The van der Waals surface area contributed by atoms with E-state index in [2.05, 4.69) is 20.3 Å². The molecule has 1 atom stereocenters. The Bertz CT molecular complexity index is 1010. The van der Waals surface area contributed by atoms with Crippen LogP contribution in [0.2, 0.25) is 0 Å². The van der Waals surface area contributed by atoms with Gasteiger partial charge in [-0.3, -0.25) is 14.8 Å². The highest BCUT2D eigenvalue weighted by molar-refractivity contribution is 7.89. The van der Waals surface area contributed by atoms with Crippen molar-refractivity contribution in [1.29, 1.82) is 0 Å². The zero-order valence-electron chi connectivity index (χ0n) is 17.1. The Kier molecular flexibility index (Phi) is 5.60. The lowest BCUT2D eigenvalue weighted by Gasteiger charge is -2.45. The Balaban J connectivity index is 1.47. The first-order valence-electron chi connectivity index (χ1n) is 10.1. The van der Waals surface area contributed by atoms with Crippen molar-refractivity contribution < 1.29 is 17.9 Å². The lowest BCUT2D eigenvalue weighted by molar-refractivity contribution is -0.171. The van der Waals surface area contributed by atoms with Crippen LogP contribution in [0.4, 0.5) is 0 Å². The van der Waals surface area contributed by atoms with Gasteiger partial charge in [-0.1, -0.05) is 0 Å². The van der Waals surface area contributed by atoms with Crippen LogP contribution in [0, 0.1) is 6.92 Å². The smallest absolute Gasteiger partial charge is 0.251 e. The molecule has 0 radical (unpaired) electrons. The molecule has 4 rings (SSSR count). The second-order valence-corrected chi connectivity index (χ2v) is 9.93. The third-order valence-corrected chi connectivity index (χ3v) is 7.59. The Morgan fingerprint density at radius 3 is 2.70 bits per heavy atom. The summed E-state index contributed by atoms with van der Waals surface area (Å²) in [6.45, 7) is 4.80. The summed E-state index contributed by atoms with van der Waals surface area (Å²) in [4.78, 5) is 25.7. The van der Waals surface area contributed by atoms with E-state index in [1.165, 1.54) is 4.31 Å². The second-order valence-electron chi connectivity index (χ2n) is 7.67. The van der Waals surface area contributed by atoms with Gasteiger partial charge in [0.2, 0.25) is 10.0 Å². The Morgan fingerprint density at radius 1 is 1.27 bits per heavy atom. The summed E-state index contributed by atoms with van der Waals surface area (Å²) in [6.07, 6.45) is 7.03. The minimum Gasteiger partial charge on any atom is -0.352 e. The van der Waals surface area contributed by atoms with E-state index in [-0.39, 0.29) is 18.2 Å². The van der Waals surface area contributed by atoms with E-state index in [4.69, 9.17) is 4.74 Å². The molecule has 2 aromatic heterocycles. The van der Waals surface area contributed by atoms with Crippen molar-refractivity contribution in [3.05, 3.63) is 42.0 Å². The van der Waals surface area contributed by atoms with Crippen LogP contribution in [0.3, 0.4) is 0 Å². The number of amides is 1. The van der Waals surface area contributed by atoms with E-state index >= 15 is 0 Å². The first kappa shape index (κ1) is 20.9. The number of sulfonamides is 1. The van der Waals surface area contributed by atoms with Crippen molar-refractivity contribution in [3.63, 3.8) is 0 Å². The number of hydrogen-bond acceptors (Lipinski definition) is 7. The molecule has 162 valence electrons. The molecule has 1 saturated heterocycles. The van der Waals surface area contributed by atoms with Crippen molar-refractivity contribution in [3.8, 4) is 0 Å². The number of ether oxygens (including phenoxy) is 1. The number of fused-ring (bicyclic) bond motifs is 2. The number of hydrogen-bond donors (Lipinski definition) is 1. The normalized spacial score (nSPS) is 21.3. The Morgan fingerprint density at radius 2 is 2.03 bits per heavy atom. The predicted octanol–water partition coefficient (Wildman–Crippen LogP) is 0.338. The summed E-state index contributed by atoms with van der Waals surface area (Å²) in [5.41, 5.74) is 0.709. The maximum Gasteiger partial charge on any atom is 0.251 e. The van der Waals surface area contributed by atoms with E-state index in [0.29, 0.717) is 38.2 Å². The average molecular weight is 435 g/mol. The molecule has 30 heavy (non-hydrogen) atoms. The molecular weight excluding hydrogens is 408 g/mol. The van der Waals surface area contributed by atoms with Crippen LogP contribution in [-0.2, 0) is 38.2 Å². The van der Waals surface area contributed by atoms with Crippen LogP contribution in [0.1, 0.15) is 37.0 Å². The maximum atomic E-state index is 12.8. The van der Waals surface area contributed by atoms with Crippen molar-refractivity contribution in [2.24, 2.45) is 0 Å². The summed E-state index contributed by atoms with van der Waals surface area (Å²) in [5.74, 6) is 0.590. The number of aryl methyl sites for hydroxylation is 1. The van der Waals surface area contributed by atoms with E-state index in [9.17, 15) is 13.2 Å². The van der Waals surface area contributed by atoms with Gasteiger partial charge in [-0.2, -0.15) is 0 Å². The van der Waals surface area contributed by atoms with Gasteiger partial charge in [0.15, 0.2) is 6.10 Å². The number of nitrogens with one attached hydrogen (secondary N) is 1. The molecule has 4 heterocycles. The van der Waals surface area contributed by atoms with E-state index < -0.39 is 21.7 Å². The van der Waals surface area contributed by atoms with E-state index in [0.717, 1.165) is 11.5 Å². The summed E-state index contributed by atoms with van der Waals surface area (Å²) in [6, 6.07) is 0. The van der Waals surface area contributed by atoms with Crippen molar-refractivity contribution in [1.82, 2.24) is 29.1 Å². The predicted molar refractivity (Wildman–Crippen MR) is 108 cm³/mol. The highest BCUT2D eigenvalue weighted by Crippen LogP contribution is 2.40. The molecule has 2 aliphatic rings. The van der Waals surface area contributed by atoms with Gasteiger partial charge in [0.25, 0.3) is 5.91 Å². The van der Waals surface area contributed by atoms with Crippen LogP contribution in [-0.4, -0.2) is 63.1 Å². The average Bonchev–Trinajstić information content (AvgIpc) is 3.23. The van der Waals surface area contributed by atoms with Crippen LogP contribution in [0.5, 0.6) is 0 Å². The van der Waals surface area contributed by atoms with Crippen molar-refractivity contribution in [2.45, 2.75) is 51.5 Å². The molecule has 1 unspecified atom stereocenters. The van der Waals surface area contributed by atoms with E-state index in [1.54, 1.807) is 25.5 Å². The second kappa shape index (κ2) is 8.05. The van der Waals surface area contributed by atoms with Crippen molar-refractivity contribution >= 4 is 15.9 Å². The molecule has 1 fully saturated rings. The molecule has 0 saturated carbocycles. The zero-order chi connectivity index (χ0) is 21.4. The number of aromatic nitrogens is 4.